The molecule has 1 heteroatoms. The highest BCUT2D eigenvalue weighted by Crippen LogP contribution is 2.34. The van der Waals surface area contributed by atoms with Gasteiger partial charge < -0.3 is 0 Å². The van der Waals surface area contributed by atoms with Crippen LogP contribution in [0.5, 0.6) is 0 Å². The molecule has 48 valence electrons. The molecule has 0 spiro atoms. The molecule has 0 N–H and O–H groups in total. The Kier molecular flexibility index (Phi) is 1.86. The molecular formula is C7H14S. The first-order chi connectivity index (χ1) is 3.71. The van der Waals surface area contributed by atoms with Crippen LogP contribution >= 0.6 is 11.8 Å². The molecule has 0 aromatic rings. The molecule has 0 aromatic heterocycles. The molecule has 0 amide bonds. The third-order valence-electron chi connectivity index (χ3n) is 1.67. The molecule has 0 saturated carbocycles. The van der Waals surface area contributed by atoms with Crippen LogP contribution in [0.3, 0.4) is 0 Å². The van der Waals surface area contributed by atoms with Crippen molar-refractivity contribution in [2.75, 3.05) is 5.75 Å². The molecule has 8 heavy (non-hydrogen) atoms. The number of rotatable bonds is 0. The lowest BCUT2D eigenvalue weighted by molar-refractivity contribution is 0.574. The van der Waals surface area contributed by atoms with Gasteiger partial charge in [-0.15, -0.1) is 0 Å². The summed E-state index contributed by atoms with van der Waals surface area (Å²) in [4.78, 5) is 0. The van der Waals surface area contributed by atoms with E-state index < -0.39 is 0 Å². The smallest absolute Gasteiger partial charge is 0.0103 e. The van der Waals surface area contributed by atoms with Crippen molar-refractivity contribution in [3.05, 3.63) is 0 Å². The van der Waals surface area contributed by atoms with Crippen molar-refractivity contribution in [1.82, 2.24) is 0 Å². The minimum atomic E-state index is 0.595. The Labute approximate surface area is 56.0 Å². The summed E-state index contributed by atoms with van der Waals surface area (Å²) in [5, 5.41) is 0. The third kappa shape index (κ3) is 1.70. The van der Waals surface area contributed by atoms with Gasteiger partial charge in [0.1, 0.15) is 0 Å². The second-order valence-electron chi connectivity index (χ2n) is 3.07. The maximum atomic E-state index is 2.34. The van der Waals surface area contributed by atoms with Crippen LogP contribution in [0.25, 0.3) is 0 Å². The van der Waals surface area contributed by atoms with Crippen molar-refractivity contribution in [1.29, 1.82) is 0 Å². The molecule has 1 aliphatic rings. The van der Waals surface area contributed by atoms with Gasteiger partial charge in [0.2, 0.25) is 0 Å². The summed E-state index contributed by atoms with van der Waals surface area (Å²) in [5.41, 5.74) is 0. The third-order valence-corrected chi connectivity index (χ3v) is 3.14. The summed E-state index contributed by atoms with van der Waals surface area (Å²) in [5.74, 6) is 1.38. The normalized spacial score (nSPS) is 27.8. The van der Waals surface area contributed by atoms with E-state index >= 15 is 0 Å². The molecule has 1 rings (SSSR count). The summed E-state index contributed by atoms with van der Waals surface area (Å²) >= 11 is 2.12. The van der Waals surface area contributed by atoms with Gasteiger partial charge in [0.15, 0.2) is 0 Å². The van der Waals surface area contributed by atoms with Gasteiger partial charge in [-0.2, -0.15) is 11.8 Å². The average molecular weight is 130 g/mol. The molecule has 0 bridgehead atoms. The summed E-state index contributed by atoms with van der Waals surface area (Å²) < 4.78 is 0.595. The SMILES string of the molecule is CC1(C)CCCCS1. The van der Waals surface area contributed by atoms with Crippen molar-refractivity contribution in [3.8, 4) is 0 Å². The molecule has 1 fully saturated rings. The van der Waals surface area contributed by atoms with Gasteiger partial charge in [-0.1, -0.05) is 20.3 Å². The highest BCUT2D eigenvalue weighted by Gasteiger charge is 2.20. The molecule has 0 atom stereocenters. The van der Waals surface area contributed by atoms with Crippen molar-refractivity contribution in [2.24, 2.45) is 0 Å². The molecule has 0 aromatic carbocycles. The van der Waals surface area contributed by atoms with Gasteiger partial charge in [0.25, 0.3) is 0 Å². The molecule has 0 radical (unpaired) electrons. The van der Waals surface area contributed by atoms with E-state index in [1.165, 1.54) is 25.0 Å². The Morgan fingerprint density at radius 3 is 2.25 bits per heavy atom. The van der Waals surface area contributed by atoms with Crippen LogP contribution < -0.4 is 0 Å². The predicted octanol–water partition coefficient (Wildman–Crippen LogP) is 2.68. The zero-order valence-corrected chi connectivity index (χ0v) is 6.55. The number of thioether (sulfide) groups is 1. The van der Waals surface area contributed by atoms with Gasteiger partial charge in [-0.3, -0.25) is 0 Å². The van der Waals surface area contributed by atoms with E-state index in [1.807, 2.05) is 0 Å². The van der Waals surface area contributed by atoms with Crippen LogP contribution in [0.2, 0.25) is 0 Å². The zero-order chi connectivity index (χ0) is 6.04. The Morgan fingerprint density at radius 2 is 2.00 bits per heavy atom. The van der Waals surface area contributed by atoms with Crippen LogP contribution in [-0.2, 0) is 0 Å². The molecule has 1 aliphatic heterocycles. The zero-order valence-electron chi connectivity index (χ0n) is 5.74. The van der Waals surface area contributed by atoms with Crippen LogP contribution in [0.15, 0.2) is 0 Å². The van der Waals surface area contributed by atoms with Crippen molar-refractivity contribution >= 4 is 11.8 Å². The summed E-state index contributed by atoms with van der Waals surface area (Å²) in [6.45, 7) is 4.69. The Hall–Kier alpha value is 0.350. The summed E-state index contributed by atoms with van der Waals surface area (Å²) in [7, 11) is 0. The lowest BCUT2D eigenvalue weighted by Crippen LogP contribution is -2.18. The number of hydrogen-bond acceptors (Lipinski definition) is 1. The lowest BCUT2D eigenvalue weighted by atomic mass is 10.1. The largest absolute Gasteiger partial charge is 0.156 e. The minimum Gasteiger partial charge on any atom is -0.156 e. The van der Waals surface area contributed by atoms with Crippen LogP contribution in [0.1, 0.15) is 33.1 Å². The first-order valence-corrected chi connectivity index (χ1v) is 4.33. The van der Waals surface area contributed by atoms with Crippen molar-refractivity contribution in [3.63, 3.8) is 0 Å². The van der Waals surface area contributed by atoms with Crippen LogP contribution in [0.4, 0.5) is 0 Å². The Morgan fingerprint density at radius 1 is 1.25 bits per heavy atom. The molecule has 0 unspecified atom stereocenters. The van der Waals surface area contributed by atoms with E-state index in [9.17, 15) is 0 Å². The Bertz CT molecular complexity index is 68.5. The summed E-state index contributed by atoms with van der Waals surface area (Å²) in [6.07, 6.45) is 4.30. The van der Waals surface area contributed by atoms with E-state index in [2.05, 4.69) is 25.6 Å². The quantitative estimate of drug-likeness (QED) is 0.486. The molecule has 0 nitrogen and oxygen atoms in total. The monoisotopic (exact) mass is 130 g/mol. The fraction of sp³-hybridized carbons (Fsp3) is 1.00. The number of hydrogen-bond donors (Lipinski definition) is 0. The van der Waals surface area contributed by atoms with E-state index in [0.29, 0.717) is 4.75 Å². The van der Waals surface area contributed by atoms with Gasteiger partial charge >= 0.3 is 0 Å². The van der Waals surface area contributed by atoms with E-state index in [4.69, 9.17) is 0 Å². The fourth-order valence-electron chi connectivity index (χ4n) is 1.07. The van der Waals surface area contributed by atoms with Gasteiger partial charge in [-0.05, 0) is 18.6 Å². The topological polar surface area (TPSA) is 0 Å². The van der Waals surface area contributed by atoms with Crippen molar-refractivity contribution in [2.45, 2.75) is 37.9 Å². The standard InChI is InChI=1S/C7H14S/c1-7(2)5-3-4-6-8-7/h3-6H2,1-2H3. The summed E-state index contributed by atoms with van der Waals surface area (Å²) in [6, 6.07) is 0. The van der Waals surface area contributed by atoms with Crippen molar-refractivity contribution < 1.29 is 0 Å². The predicted molar refractivity (Wildman–Crippen MR) is 40.4 cm³/mol. The fourth-order valence-corrected chi connectivity index (χ4v) is 2.26. The maximum absolute atomic E-state index is 2.34. The highest BCUT2D eigenvalue weighted by molar-refractivity contribution is 8.00. The average Bonchev–Trinajstić information content (AvgIpc) is 1.65. The second-order valence-corrected chi connectivity index (χ2v) is 4.87. The van der Waals surface area contributed by atoms with Crippen LogP contribution in [-0.4, -0.2) is 10.5 Å². The van der Waals surface area contributed by atoms with E-state index in [1.54, 1.807) is 0 Å². The van der Waals surface area contributed by atoms with Crippen LogP contribution in [0, 0.1) is 0 Å². The lowest BCUT2D eigenvalue weighted by Gasteiger charge is -2.28. The second kappa shape index (κ2) is 2.30. The minimum absolute atomic E-state index is 0.595. The van der Waals surface area contributed by atoms with E-state index in [0.717, 1.165) is 0 Å². The molecule has 1 saturated heterocycles. The first kappa shape index (κ1) is 6.47. The highest BCUT2D eigenvalue weighted by atomic mass is 32.2. The Balaban J connectivity index is 2.33. The van der Waals surface area contributed by atoms with Gasteiger partial charge in [-0.25, -0.2) is 0 Å². The molecule has 0 aliphatic carbocycles. The molecular weight excluding hydrogens is 116 g/mol. The molecule has 1 heterocycles. The first-order valence-electron chi connectivity index (χ1n) is 3.35. The van der Waals surface area contributed by atoms with E-state index in [-0.39, 0.29) is 0 Å². The van der Waals surface area contributed by atoms with Gasteiger partial charge in [0.05, 0.1) is 0 Å². The van der Waals surface area contributed by atoms with Gasteiger partial charge in [0, 0.05) is 4.75 Å². The maximum Gasteiger partial charge on any atom is 0.0103 e.